The molecule has 1 fully saturated rings. The summed E-state index contributed by atoms with van der Waals surface area (Å²) in [6, 6.07) is 0.533. The van der Waals surface area contributed by atoms with E-state index in [0.29, 0.717) is 25.0 Å². The summed E-state index contributed by atoms with van der Waals surface area (Å²) in [6.07, 6.45) is 4.45. The summed E-state index contributed by atoms with van der Waals surface area (Å²) in [5.74, 6) is 0.292. The van der Waals surface area contributed by atoms with E-state index in [1.807, 2.05) is 4.90 Å². The van der Waals surface area contributed by atoms with Crippen LogP contribution in [0.4, 0.5) is 0 Å². The molecule has 0 unspecified atom stereocenters. The van der Waals surface area contributed by atoms with Gasteiger partial charge in [-0.05, 0) is 52.2 Å². The zero-order chi connectivity index (χ0) is 12.7. The molecular weight excluding hydrogens is 214 g/mol. The number of rotatable bonds is 9. The second-order valence-corrected chi connectivity index (χ2v) is 4.83. The minimum atomic E-state index is 0.292. The van der Waals surface area contributed by atoms with Crippen LogP contribution in [0.3, 0.4) is 0 Å². The Balaban J connectivity index is 2.37. The maximum atomic E-state index is 12.2. The summed E-state index contributed by atoms with van der Waals surface area (Å²) in [5.41, 5.74) is 5.53. The topological polar surface area (TPSA) is 49.6 Å². The van der Waals surface area contributed by atoms with E-state index in [9.17, 15) is 4.79 Å². The highest BCUT2D eigenvalue weighted by atomic mass is 16.2. The van der Waals surface area contributed by atoms with Crippen LogP contribution in [0.25, 0.3) is 0 Å². The van der Waals surface area contributed by atoms with E-state index < -0.39 is 0 Å². The molecule has 2 N–H and O–H groups in total. The molecule has 4 heteroatoms. The van der Waals surface area contributed by atoms with Gasteiger partial charge in [-0.15, -0.1) is 0 Å². The second kappa shape index (κ2) is 7.67. The molecule has 100 valence electrons. The van der Waals surface area contributed by atoms with Gasteiger partial charge in [0.1, 0.15) is 0 Å². The lowest BCUT2D eigenvalue weighted by Gasteiger charge is -2.26. The number of likely N-dealkylation sites (N-methyl/N-ethyl adjacent to an activating group) is 1. The first-order valence-corrected chi connectivity index (χ1v) is 6.94. The van der Waals surface area contributed by atoms with Gasteiger partial charge >= 0.3 is 0 Å². The normalized spacial score (nSPS) is 15.3. The number of amides is 1. The third kappa shape index (κ3) is 5.04. The Hall–Kier alpha value is -0.610. The molecular formula is C13H27N3O. The summed E-state index contributed by atoms with van der Waals surface area (Å²) in [7, 11) is 0. The van der Waals surface area contributed by atoms with Crippen molar-refractivity contribution in [1.29, 1.82) is 0 Å². The van der Waals surface area contributed by atoms with E-state index in [-0.39, 0.29) is 0 Å². The average Bonchev–Trinajstić information content (AvgIpc) is 3.11. The Morgan fingerprint density at radius 1 is 1.29 bits per heavy atom. The van der Waals surface area contributed by atoms with E-state index >= 15 is 0 Å². The minimum absolute atomic E-state index is 0.292. The van der Waals surface area contributed by atoms with Crippen molar-refractivity contribution in [2.24, 2.45) is 5.73 Å². The zero-order valence-electron chi connectivity index (χ0n) is 11.3. The number of carbonyl (C=O) groups is 1. The van der Waals surface area contributed by atoms with Gasteiger partial charge in [-0.25, -0.2) is 0 Å². The summed E-state index contributed by atoms with van der Waals surface area (Å²) in [4.78, 5) is 16.4. The largest absolute Gasteiger partial charge is 0.339 e. The zero-order valence-corrected chi connectivity index (χ0v) is 11.3. The Kier molecular flexibility index (Phi) is 6.52. The predicted octanol–water partition coefficient (Wildman–Crippen LogP) is 1.06. The van der Waals surface area contributed by atoms with Crippen LogP contribution in [0.2, 0.25) is 0 Å². The Labute approximate surface area is 105 Å². The number of hydrogen-bond acceptors (Lipinski definition) is 3. The molecule has 0 aliphatic heterocycles. The fraction of sp³-hybridized carbons (Fsp3) is 0.923. The molecule has 0 bridgehead atoms. The minimum Gasteiger partial charge on any atom is -0.339 e. The van der Waals surface area contributed by atoms with Crippen molar-refractivity contribution >= 4 is 5.91 Å². The van der Waals surface area contributed by atoms with E-state index in [2.05, 4.69) is 18.7 Å². The predicted molar refractivity (Wildman–Crippen MR) is 70.8 cm³/mol. The first kappa shape index (κ1) is 14.5. The van der Waals surface area contributed by atoms with E-state index in [0.717, 1.165) is 32.5 Å². The van der Waals surface area contributed by atoms with Crippen molar-refractivity contribution < 1.29 is 4.79 Å². The van der Waals surface area contributed by atoms with Crippen molar-refractivity contribution in [1.82, 2.24) is 9.80 Å². The SMILES string of the molecule is CCCN(CCCN)CC(=O)N(CC)C1CC1. The number of nitrogens with zero attached hydrogens (tertiary/aromatic N) is 2. The smallest absolute Gasteiger partial charge is 0.236 e. The van der Waals surface area contributed by atoms with Gasteiger partial charge in [0.15, 0.2) is 0 Å². The van der Waals surface area contributed by atoms with Crippen molar-refractivity contribution in [2.75, 3.05) is 32.7 Å². The highest BCUT2D eigenvalue weighted by Crippen LogP contribution is 2.26. The molecule has 0 aromatic rings. The van der Waals surface area contributed by atoms with Gasteiger partial charge in [-0.3, -0.25) is 9.69 Å². The maximum Gasteiger partial charge on any atom is 0.236 e. The van der Waals surface area contributed by atoms with Crippen LogP contribution in [0.5, 0.6) is 0 Å². The second-order valence-electron chi connectivity index (χ2n) is 4.83. The van der Waals surface area contributed by atoms with Crippen molar-refractivity contribution in [3.8, 4) is 0 Å². The number of nitrogens with two attached hydrogens (primary N) is 1. The fourth-order valence-electron chi connectivity index (χ4n) is 2.21. The summed E-state index contributed by atoms with van der Waals surface area (Å²) >= 11 is 0. The van der Waals surface area contributed by atoms with Crippen LogP contribution in [0.15, 0.2) is 0 Å². The number of hydrogen-bond donors (Lipinski definition) is 1. The standard InChI is InChI=1S/C13H27N3O/c1-3-9-15(10-5-8-14)11-13(17)16(4-2)12-6-7-12/h12H,3-11,14H2,1-2H3. The summed E-state index contributed by atoms with van der Waals surface area (Å²) < 4.78 is 0. The molecule has 0 heterocycles. The van der Waals surface area contributed by atoms with Gasteiger partial charge in [0.05, 0.1) is 6.54 Å². The van der Waals surface area contributed by atoms with Gasteiger partial charge in [-0.1, -0.05) is 6.92 Å². The Morgan fingerprint density at radius 3 is 2.47 bits per heavy atom. The van der Waals surface area contributed by atoms with Gasteiger partial charge in [-0.2, -0.15) is 0 Å². The van der Waals surface area contributed by atoms with Gasteiger partial charge in [0.25, 0.3) is 0 Å². The molecule has 0 aromatic heterocycles. The van der Waals surface area contributed by atoms with Gasteiger partial charge in [0, 0.05) is 12.6 Å². The van der Waals surface area contributed by atoms with Crippen LogP contribution in [-0.4, -0.2) is 54.5 Å². The van der Waals surface area contributed by atoms with Crippen molar-refractivity contribution in [2.45, 2.75) is 45.6 Å². The lowest BCUT2D eigenvalue weighted by atomic mass is 10.3. The Bertz CT molecular complexity index is 229. The first-order chi connectivity index (χ1) is 8.22. The quantitative estimate of drug-likeness (QED) is 0.656. The van der Waals surface area contributed by atoms with E-state index in [4.69, 9.17) is 5.73 Å². The highest BCUT2D eigenvalue weighted by Gasteiger charge is 2.31. The van der Waals surface area contributed by atoms with E-state index in [1.165, 1.54) is 12.8 Å². The molecule has 0 spiro atoms. The molecule has 1 aliphatic rings. The van der Waals surface area contributed by atoms with Crippen molar-refractivity contribution in [3.05, 3.63) is 0 Å². The summed E-state index contributed by atoms with van der Waals surface area (Å²) in [5, 5.41) is 0. The molecule has 4 nitrogen and oxygen atoms in total. The van der Waals surface area contributed by atoms with Crippen LogP contribution in [0, 0.1) is 0 Å². The van der Waals surface area contributed by atoms with Crippen LogP contribution in [-0.2, 0) is 4.79 Å². The van der Waals surface area contributed by atoms with E-state index in [1.54, 1.807) is 0 Å². The van der Waals surface area contributed by atoms with Gasteiger partial charge < -0.3 is 10.6 Å². The first-order valence-electron chi connectivity index (χ1n) is 6.94. The molecule has 1 aliphatic carbocycles. The maximum absolute atomic E-state index is 12.2. The lowest BCUT2D eigenvalue weighted by molar-refractivity contribution is -0.132. The molecule has 1 saturated carbocycles. The number of carbonyl (C=O) groups excluding carboxylic acids is 1. The van der Waals surface area contributed by atoms with Crippen molar-refractivity contribution in [3.63, 3.8) is 0 Å². The van der Waals surface area contributed by atoms with Crippen LogP contribution < -0.4 is 5.73 Å². The third-order valence-electron chi connectivity index (χ3n) is 3.23. The molecule has 0 atom stereocenters. The fourth-order valence-corrected chi connectivity index (χ4v) is 2.21. The molecule has 0 radical (unpaired) electrons. The molecule has 17 heavy (non-hydrogen) atoms. The average molecular weight is 241 g/mol. The molecule has 0 aromatic carbocycles. The summed E-state index contributed by atoms with van der Waals surface area (Å²) in [6.45, 7) is 8.28. The molecule has 0 saturated heterocycles. The van der Waals surface area contributed by atoms with Crippen LogP contribution in [0.1, 0.15) is 39.5 Å². The molecule has 1 amide bonds. The monoisotopic (exact) mass is 241 g/mol. The third-order valence-corrected chi connectivity index (χ3v) is 3.23. The van der Waals surface area contributed by atoms with Gasteiger partial charge in [0.2, 0.25) is 5.91 Å². The lowest BCUT2D eigenvalue weighted by Crippen LogP contribution is -2.42. The Morgan fingerprint density at radius 2 is 2.00 bits per heavy atom. The van der Waals surface area contributed by atoms with Crippen LogP contribution >= 0.6 is 0 Å². The highest BCUT2D eigenvalue weighted by molar-refractivity contribution is 5.78. The molecule has 1 rings (SSSR count).